The Morgan fingerprint density at radius 3 is 2.71 bits per heavy atom. The number of nitrogens with one attached hydrogen (secondary N) is 1. The molecule has 0 fully saturated rings. The summed E-state index contributed by atoms with van der Waals surface area (Å²) in [6.07, 6.45) is 1.27. The average molecular weight is 388 g/mol. The van der Waals surface area contributed by atoms with E-state index >= 15 is 0 Å². The van der Waals surface area contributed by atoms with Crippen molar-refractivity contribution >= 4 is 48.9 Å². The molecule has 6 nitrogen and oxygen atoms in total. The average Bonchev–Trinajstić information content (AvgIpc) is 2.42. The maximum absolute atomic E-state index is 12.3. The van der Waals surface area contributed by atoms with Gasteiger partial charge in [0.25, 0.3) is 10.0 Å². The minimum Gasteiger partial charge on any atom is -0.399 e. The van der Waals surface area contributed by atoms with Gasteiger partial charge < -0.3 is 5.73 Å². The second kappa shape index (κ2) is 5.89. The molecule has 0 amide bonds. The van der Waals surface area contributed by atoms with Gasteiger partial charge in [-0.2, -0.15) is 5.26 Å². The van der Waals surface area contributed by atoms with Crippen LogP contribution in [0.3, 0.4) is 0 Å². The number of halogens is 2. The van der Waals surface area contributed by atoms with E-state index in [9.17, 15) is 8.42 Å². The Hall–Kier alpha value is -1.82. The first-order chi connectivity index (χ1) is 9.83. The van der Waals surface area contributed by atoms with Gasteiger partial charge in [-0.25, -0.2) is 13.4 Å². The van der Waals surface area contributed by atoms with Crippen molar-refractivity contribution in [3.63, 3.8) is 0 Å². The third-order valence-corrected chi connectivity index (χ3v) is 5.04. The van der Waals surface area contributed by atoms with E-state index in [2.05, 4.69) is 25.6 Å². The highest BCUT2D eigenvalue weighted by molar-refractivity contribution is 9.10. The van der Waals surface area contributed by atoms with E-state index in [1.54, 1.807) is 6.07 Å². The van der Waals surface area contributed by atoms with Crippen molar-refractivity contribution in [2.45, 2.75) is 4.90 Å². The fourth-order valence-electron chi connectivity index (χ4n) is 1.56. The lowest BCUT2D eigenvalue weighted by Crippen LogP contribution is -2.14. The summed E-state index contributed by atoms with van der Waals surface area (Å²) in [5.74, 6) is 0. The SMILES string of the molecule is N#Cc1cc(N)ccc1S(=O)(=O)Nc1cnc(Cl)c(Br)c1. The van der Waals surface area contributed by atoms with Gasteiger partial charge in [-0.15, -0.1) is 0 Å². The van der Waals surface area contributed by atoms with E-state index in [1.807, 2.05) is 0 Å². The summed E-state index contributed by atoms with van der Waals surface area (Å²) in [5.41, 5.74) is 6.02. The summed E-state index contributed by atoms with van der Waals surface area (Å²) in [6, 6.07) is 7.25. The molecule has 2 aromatic rings. The van der Waals surface area contributed by atoms with Crippen molar-refractivity contribution in [3.05, 3.63) is 45.7 Å². The first-order valence-corrected chi connectivity index (χ1v) is 8.12. The largest absolute Gasteiger partial charge is 0.399 e. The number of sulfonamides is 1. The zero-order chi connectivity index (χ0) is 15.6. The Labute approximate surface area is 134 Å². The van der Waals surface area contributed by atoms with Crippen LogP contribution in [0.5, 0.6) is 0 Å². The molecule has 2 rings (SSSR count). The highest BCUT2D eigenvalue weighted by Crippen LogP contribution is 2.25. The fraction of sp³-hybridized carbons (Fsp3) is 0. The lowest BCUT2D eigenvalue weighted by atomic mass is 10.2. The van der Waals surface area contributed by atoms with E-state index in [-0.39, 0.29) is 21.3 Å². The van der Waals surface area contributed by atoms with Crippen LogP contribution in [0.1, 0.15) is 5.56 Å². The third-order valence-electron chi connectivity index (χ3n) is 2.46. The van der Waals surface area contributed by atoms with Gasteiger partial charge >= 0.3 is 0 Å². The first-order valence-electron chi connectivity index (χ1n) is 5.47. The van der Waals surface area contributed by atoms with E-state index in [0.29, 0.717) is 10.2 Å². The molecular weight excluding hydrogens is 380 g/mol. The van der Waals surface area contributed by atoms with Crippen LogP contribution in [-0.2, 0) is 10.0 Å². The van der Waals surface area contributed by atoms with Crippen molar-refractivity contribution in [1.29, 1.82) is 5.26 Å². The minimum absolute atomic E-state index is 0.0384. The van der Waals surface area contributed by atoms with Crippen LogP contribution in [-0.4, -0.2) is 13.4 Å². The van der Waals surface area contributed by atoms with Gasteiger partial charge in [-0.3, -0.25) is 4.72 Å². The molecule has 1 aromatic carbocycles. The standard InChI is InChI=1S/C12H8BrClN4O2S/c13-10-4-9(6-17-12(10)14)18-21(19,20)11-2-1-8(16)3-7(11)5-15/h1-4,6,18H,16H2. The van der Waals surface area contributed by atoms with Crippen LogP contribution in [0.4, 0.5) is 11.4 Å². The second-order valence-corrected chi connectivity index (χ2v) is 6.83. The van der Waals surface area contributed by atoms with Gasteiger partial charge in [-0.1, -0.05) is 11.6 Å². The Morgan fingerprint density at radius 2 is 2.10 bits per heavy atom. The third kappa shape index (κ3) is 3.44. The van der Waals surface area contributed by atoms with Crippen LogP contribution < -0.4 is 10.5 Å². The number of benzene rings is 1. The fourth-order valence-corrected chi connectivity index (χ4v) is 3.18. The van der Waals surface area contributed by atoms with E-state index in [4.69, 9.17) is 22.6 Å². The molecule has 0 aliphatic heterocycles. The molecule has 0 saturated carbocycles. The number of nitriles is 1. The van der Waals surface area contributed by atoms with Crippen molar-refractivity contribution in [2.24, 2.45) is 0 Å². The quantitative estimate of drug-likeness (QED) is 0.621. The molecule has 0 saturated heterocycles. The van der Waals surface area contributed by atoms with E-state index in [0.717, 1.165) is 0 Å². The summed E-state index contributed by atoms with van der Waals surface area (Å²) in [4.78, 5) is 3.66. The second-order valence-electron chi connectivity index (χ2n) is 3.97. The minimum atomic E-state index is -3.93. The Morgan fingerprint density at radius 1 is 1.38 bits per heavy atom. The zero-order valence-corrected chi connectivity index (χ0v) is 13.5. The molecule has 0 atom stereocenters. The Bertz CT molecular complexity index is 849. The molecular formula is C12H8BrClN4O2S. The number of pyridine rings is 1. The molecule has 0 aliphatic carbocycles. The monoisotopic (exact) mass is 386 g/mol. The number of nitrogens with zero attached hydrogens (tertiary/aromatic N) is 2. The molecule has 1 heterocycles. The van der Waals surface area contributed by atoms with Crippen molar-refractivity contribution in [2.75, 3.05) is 10.5 Å². The van der Waals surface area contributed by atoms with Gasteiger partial charge in [-0.05, 0) is 40.2 Å². The predicted octanol–water partition coefficient (Wildman–Crippen LogP) is 2.75. The van der Waals surface area contributed by atoms with Crippen LogP contribution in [0.15, 0.2) is 39.8 Å². The number of nitrogens with two attached hydrogens (primary N) is 1. The summed E-state index contributed by atoms with van der Waals surface area (Å²) in [5, 5.41) is 9.23. The maximum atomic E-state index is 12.3. The summed E-state index contributed by atoms with van der Waals surface area (Å²) in [6.45, 7) is 0. The molecule has 0 radical (unpaired) electrons. The van der Waals surface area contributed by atoms with Crippen molar-refractivity contribution < 1.29 is 8.42 Å². The molecule has 0 spiro atoms. The smallest absolute Gasteiger partial charge is 0.263 e. The van der Waals surface area contributed by atoms with Gasteiger partial charge in [0.05, 0.1) is 21.9 Å². The lowest BCUT2D eigenvalue weighted by Gasteiger charge is -2.10. The van der Waals surface area contributed by atoms with Crippen LogP contribution in [0, 0.1) is 11.3 Å². The molecule has 0 bridgehead atoms. The number of hydrogen-bond donors (Lipinski definition) is 2. The molecule has 3 N–H and O–H groups in total. The molecule has 108 valence electrons. The number of rotatable bonds is 3. The summed E-state index contributed by atoms with van der Waals surface area (Å²) >= 11 is 8.89. The van der Waals surface area contributed by atoms with E-state index < -0.39 is 10.0 Å². The number of nitrogen functional groups attached to an aromatic ring is 1. The van der Waals surface area contributed by atoms with Gasteiger partial charge in [0.15, 0.2) is 0 Å². The molecule has 1 aromatic heterocycles. The zero-order valence-electron chi connectivity index (χ0n) is 10.3. The van der Waals surface area contributed by atoms with Gasteiger partial charge in [0, 0.05) is 5.69 Å². The number of aromatic nitrogens is 1. The first kappa shape index (κ1) is 15.6. The maximum Gasteiger partial charge on any atom is 0.263 e. The Kier molecular flexibility index (Phi) is 4.37. The lowest BCUT2D eigenvalue weighted by molar-refractivity contribution is 0.601. The molecule has 0 unspecified atom stereocenters. The number of anilines is 2. The highest BCUT2D eigenvalue weighted by atomic mass is 79.9. The highest BCUT2D eigenvalue weighted by Gasteiger charge is 2.19. The normalized spacial score (nSPS) is 10.9. The topological polar surface area (TPSA) is 109 Å². The van der Waals surface area contributed by atoms with Gasteiger partial charge in [0.1, 0.15) is 16.1 Å². The van der Waals surface area contributed by atoms with Crippen LogP contribution in [0.2, 0.25) is 5.15 Å². The van der Waals surface area contributed by atoms with Crippen molar-refractivity contribution in [3.8, 4) is 6.07 Å². The van der Waals surface area contributed by atoms with Crippen LogP contribution in [0.25, 0.3) is 0 Å². The summed E-state index contributed by atoms with van der Waals surface area (Å²) in [7, 11) is -3.93. The number of hydrogen-bond acceptors (Lipinski definition) is 5. The van der Waals surface area contributed by atoms with Crippen LogP contribution >= 0.6 is 27.5 Å². The molecule has 21 heavy (non-hydrogen) atoms. The molecule has 0 aliphatic rings. The van der Waals surface area contributed by atoms with Gasteiger partial charge in [0.2, 0.25) is 0 Å². The van der Waals surface area contributed by atoms with E-state index in [1.165, 1.54) is 30.5 Å². The predicted molar refractivity (Wildman–Crippen MR) is 83.3 cm³/mol. The van der Waals surface area contributed by atoms with Crippen molar-refractivity contribution in [1.82, 2.24) is 4.98 Å². The summed E-state index contributed by atoms with van der Waals surface area (Å²) < 4.78 is 27.4. The molecule has 9 heteroatoms. The Balaban J connectivity index is 2.43.